The van der Waals surface area contributed by atoms with Gasteiger partial charge < -0.3 is 5.32 Å². The standard InChI is InChI=1S/C9H7ClF3NO/c1-5-2-3-7(6(10)4-5)14-8(15)9(11,12)13/h2-4H,1H3,(H,14,15). The van der Waals surface area contributed by atoms with Crippen LogP contribution in [0.2, 0.25) is 5.02 Å². The van der Waals surface area contributed by atoms with Crippen LogP contribution >= 0.6 is 11.6 Å². The summed E-state index contributed by atoms with van der Waals surface area (Å²) < 4.78 is 35.7. The highest BCUT2D eigenvalue weighted by molar-refractivity contribution is 6.33. The second kappa shape index (κ2) is 4.10. The molecule has 0 aliphatic carbocycles. The third-order valence-corrected chi connectivity index (χ3v) is 1.94. The lowest BCUT2D eigenvalue weighted by atomic mass is 10.2. The van der Waals surface area contributed by atoms with Crippen molar-refractivity contribution in [3.63, 3.8) is 0 Å². The fraction of sp³-hybridized carbons (Fsp3) is 0.222. The van der Waals surface area contributed by atoms with E-state index in [-0.39, 0.29) is 10.7 Å². The summed E-state index contributed by atoms with van der Waals surface area (Å²) in [5.41, 5.74) is 0.745. The molecule has 6 heteroatoms. The van der Waals surface area contributed by atoms with Crippen LogP contribution in [0.3, 0.4) is 0 Å². The van der Waals surface area contributed by atoms with E-state index in [0.717, 1.165) is 5.56 Å². The van der Waals surface area contributed by atoms with Crippen LogP contribution < -0.4 is 5.32 Å². The fourth-order valence-corrected chi connectivity index (χ4v) is 1.20. The number of anilines is 1. The highest BCUT2D eigenvalue weighted by atomic mass is 35.5. The van der Waals surface area contributed by atoms with Crippen LogP contribution in [-0.4, -0.2) is 12.1 Å². The van der Waals surface area contributed by atoms with Crippen molar-refractivity contribution in [3.05, 3.63) is 28.8 Å². The van der Waals surface area contributed by atoms with Crippen molar-refractivity contribution in [2.24, 2.45) is 0 Å². The summed E-state index contributed by atoms with van der Waals surface area (Å²) in [6, 6.07) is 4.34. The number of carbonyl (C=O) groups is 1. The number of hydrogen-bond acceptors (Lipinski definition) is 1. The highest BCUT2D eigenvalue weighted by Crippen LogP contribution is 2.25. The van der Waals surface area contributed by atoms with Crippen molar-refractivity contribution in [1.29, 1.82) is 0 Å². The lowest BCUT2D eigenvalue weighted by Crippen LogP contribution is -2.30. The third kappa shape index (κ3) is 3.13. The van der Waals surface area contributed by atoms with Gasteiger partial charge in [-0.1, -0.05) is 17.7 Å². The maximum Gasteiger partial charge on any atom is 0.471 e. The molecule has 1 aromatic carbocycles. The van der Waals surface area contributed by atoms with Crippen molar-refractivity contribution in [3.8, 4) is 0 Å². The molecule has 1 amide bonds. The number of carbonyl (C=O) groups excluding carboxylic acids is 1. The molecule has 0 saturated heterocycles. The van der Waals surface area contributed by atoms with Crippen LogP contribution in [0.15, 0.2) is 18.2 Å². The zero-order chi connectivity index (χ0) is 11.6. The van der Waals surface area contributed by atoms with E-state index in [1.165, 1.54) is 12.1 Å². The largest absolute Gasteiger partial charge is 0.471 e. The molecule has 1 rings (SSSR count). The molecule has 0 saturated carbocycles. The molecule has 82 valence electrons. The fourth-order valence-electron chi connectivity index (χ4n) is 0.915. The molecule has 0 aliphatic rings. The van der Waals surface area contributed by atoms with Gasteiger partial charge in [-0.25, -0.2) is 0 Å². The van der Waals surface area contributed by atoms with Gasteiger partial charge in [0.15, 0.2) is 0 Å². The van der Waals surface area contributed by atoms with Gasteiger partial charge >= 0.3 is 12.1 Å². The summed E-state index contributed by atoms with van der Waals surface area (Å²) in [5.74, 6) is -2.03. The van der Waals surface area contributed by atoms with Crippen molar-refractivity contribution in [2.75, 3.05) is 5.32 Å². The van der Waals surface area contributed by atoms with Gasteiger partial charge in [-0.3, -0.25) is 4.79 Å². The van der Waals surface area contributed by atoms with Gasteiger partial charge in [0.05, 0.1) is 10.7 Å². The van der Waals surface area contributed by atoms with Gasteiger partial charge in [-0.15, -0.1) is 0 Å². The minimum absolute atomic E-state index is 0.0513. The van der Waals surface area contributed by atoms with Gasteiger partial charge in [0, 0.05) is 0 Å². The Bertz CT molecular complexity index is 389. The summed E-state index contributed by atoms with van der Waals surface area (Å²) >= 11 is 5.64. The number of halogens is 4. The summed E-state index contributed by atoms with van der Waals surface area (Å²) in [6.45, 7) is 1.74. The Labute approximate surface area is 89.0 Å². The number of aryl methyl sites for hydroxylation is 1. The van der Waals surface area contributed by atoms with E-state index in [2.05, 4.69) is 0 Å². The number of hydrogen-bond donors (Lipinski definition) is 1. The number of nitrogens with one attached hydrogen (secondary N) is 1. The first kappa shape index (κ1) is 11.8. The van der Waals surface area contributed by atoms with Crippen molar-refractivity contribution in [2.45, 2.75) is 13.1 Å². The average Bonchev–Trinajstić information content (AvgIpc) is 2.08. The van der Waals surface area contributed by atoms with E-state index in [1.807, 2.05) is 0 Å². The SMILES string of the molecule is Cc1ccc(NC(=O)C(F)(F)F)c(Cl)c1. The molecule has 0 fully saturated rings. The minimum atomic E-state index is -4.91. The summed E-state index contributed by atoms with van der Waals surface area (Å²) in [5, 5.41) is 1.76. The molecular formula is C9H7ClF3NO. The van der Waals surface area contributed by atoms with Crippen molar-refractivity contribution >= 4 is 23.2 Å². The van der Waals surface area contributed by atoms with Crippen LogP contribution in [0.5, 0.6) is 0 Å². The van der Waals surface area contributed by atoms with Gasteiger partial charge in [0.25, 0.3) is 0 Å². The zero-order valence-corrected chi connectivity index (χ0v) is 8.41. The topological polar surface area (TPSA) is 29.1 Å². The highest BCUT2D eigenvalue weighted by Gasteiger charge is 2.38. The summed E-state index contributed by atoms with van der Waals surface area (Å²) in [4.78, 5) is 10.6. The molecule has 1 N–H and O–H groups in total. The summed E-state index contributed by atoms with van der Waals surface area (Å²) in [6.07, 6.45) is -4.91. The third-order valence-electron chi connectivity index (χ3n) is 1.63. The molecule has 1 aromatic rings. The predicted molar refractivity (Wildman–Crippen MR) is 50.9 cm³/mol. The Morgan fingerprint density at radius 1 is 1.40 bits per heavy atom. The van der Waals surface area contributed by atoms with Crippen LogP contribution in [-0.2, 0) is 4.79 Å². The molecule has 0 unspecified atom stereocenters. The average molecular weight is 238 g/mol. The Hall–Kier alpha value is -1.23. The van der Waals surface area contributed by atoms with Crippen LogP contribution in [0.1, 0.15) is 5.56 Å². The summed E-state index contributed by atoms with van der Waals surface area (Å²) in [7, 11) is 0. The zero-order valence-electron chi connectivity index (χ0n) is 7.65. The van der Waals surface area contributed by atoms with Crippen molar-refractivity contribution in [1.82, 2.24) is 0 Å². The first-order valence-electron chi connectivity index (χ1n) is 3.95. The van der Waals surface area contributed by atoms with E-state index >= 15 is 0 Å². The van der Waals surface area contributed by atoms with Gasteiger partial charge in [-0.2, -0.15) is 13.2 Å². The Morgan fingerprint density at radius 2 is 2.00 bits per heavy atom. The van der Waals surface area contributed by atoms with E-state index < -0.39 is 12.1 Å². The molecule has 0 radical (unpaired) electrons. The van der Waals surface area contributed by atoms with Crippen LogP contribution in [0.4, 0.5) is 18.9 Å². The minimum Gasteiger partial charge on any atom is -0.317 e. The monoisotopic (exact) mass is 237 g/mol. The number of amides is 1. The Kier molecular flexibility index (Phi) is 3.24. The number of rotatable bonds is 1. The molecule has 15 heavy (non-hydrogen) atoms. The van der Waals surface area contributed by atoms with Crippen LogP contribution in [0.25, 0.3) is 0 Å². The molecule has 0 atom stereocenters. The Morgan fingerprint density at radius 3 is 2.47 bits per heavy atom. The van der Waals surface area contributed by atoms with E-state index in [0.29, 0.717) is 0 Å². The first-order valence-corrected chi connectivity index (χ1v) is 4.33. The number of benzene rings is 1. The van der Waals surface area contributed by atoms with Gasteiger partial charge in [0.2, 0.25) is 0 Å². The number of alkyl halides is 3. The molecule has 0 spiro atoms. The first-order chi connectivity index (χ1) is 6.80. The van der Waals surface area contributed by atoms with E-state index in [9.17, 15) is 18.0 Å². The Balaban J connectivity index is 2.87. The molecule has 0 aliphatic heterocycles. The second-order valence-corrected chi connectivity index (χ2v) is 3.34. The molecule has 2 nitrogen and oxygen atoms in total. The molecular weight excluding hydrogens is 231 g/mol. The lowest BCUT2D eigenvalue weighted by molar-refractivity contribution is -0.167. The van der Waals surface area contributed by atoms with Gasteiger partial charge in [0.1, 0.15) is 0 Å². The smallest absolute Gasteiger partial charge is 0.317 e. The van der Waals surface area contributed by atoms with E-state index in [4.69, 9.17) is 11.6 Å². The quantitative estimate of drug-likeness (QED) is 0.799. The predicted octanol–water partition coefficient (Wildman–Crippen LogP) is 3.15. The molecule has 0 aromatic heterocycles. The normalized spacial score (nSPS) is 11.3. The maximum absolute atomic E-state index is 11.9. The molecule has 0 heterocycles. The van der Waals surface area contributed by atoms with Crippen LogP contribution in [0, 0.1) is 6.92 Å². The molecule has 0 bridgehead atoms. The maximum atomic E-state index is 11.9. The lowest BCUT2D eigenvalue weighted by Gasteiger charge is -2.09. The van der Waals surface area contributed by atoms with E-state index in [1.54, 1.807) is 18.3 Å². The second-order valence-electron chi connectivity index (χ2n) is 2.94. The van der Waals surface area contributed by atoms with Gasteiger partial charge in [-0.05, 0) is 24.6 Å². The van der Waals surface area contributed by atoms with Crippen molar-refractivity contribution < 1.29 is 18.0 Å².